The number of hydrogen-bond acceptors (Lipinski definition) is 4. The number of nitrogens with zero attached hydrogens (tertiary/aromatic N) is 2. The van der Waals surface area contributed by atoms with E-state index in [0.717, 1.165) is 9.87 Å². The second kappa shape index (κ2) is 6.98. The van der Waals surface area contributed by atoms with Crippen LogP contribution in [0.25, 0.3) is 0 Å². The zero-order valence-electron chi connectivity index (χ0n) is 13.9. The molecule has 0 amide bonds. The zero-order valence-corrected chi connectivity index (χ0v) is 14.7. The van der Waals surface area contributed by atoms with E-state index in [9.17, 15) is 13.2 Å². The van der Waals surface area contributed by atoms with Crippen molar-refractivity contribution in [3.63, 3.8) is 0 Å². The number of hydrogen-bond donors (Lipinski definition) is 0. The van der Waals surface area contributed by atoms with Crippen molar-refractivity contribution in [3.05, 3.63) is 35.9 Å². The Morgan fingerprint density at radius 1 is 1.30 bits per heavy atom. The third kappa shape index (κ3) is 3.41. The Kier molecular flexibility index (Phi) is 5.44. The molecule has 0 bridgehead atoms. The molecule has 1 unspecified atom stereocenters. The zero-order chi connectivity index (χ0) is 17.1. The van der Waals surface area contributed by atoms with Crippen molar-refractivity contribution in [3.8, 4) is 0 Å². The quantitative estimate of drug-likeness (QED) is 0.735. The molecule has 23 heavy (non-hydrogen) atoms. The molecule has 1 heterocycles. The van der Waals surface area contributed by atoms with E-state index in [4.69, 9.17) is 4.74 Å². The van der Waals surface area contributed by atoms with Crippen LogP contribution >= 0.6 is 0 Å². The first kappa shape index (κ1) is 17.9. The minimum Gasteiger partial charge on any atom is -0.465 e. The molecule has 1 aliphatic heterocycles. The molecule has 7 heteroatoms. The van der Waals surface area contributed by atoms with E-state index in [1.807, 2.05) is 30.3 Å². The monoisotopic (exact) mass is 340 g/mol. The van der Waals surface area contributed by atoms with Gasteiger partial charge in [0.1, 0.15) is 5.54 Å². The van der Waals surface area contributed by atoms with E-state index in [-0.39, 0.29) is 6.61 Å². The number of carbonyl (C=O) groups excluding carboxylic acids is 1. The summed E-state index contributed by atoms with van der Waals surface area (Å²) in [6.07, 6.45) is 1.42. The molecule has 6 nitrogen and oxygen atoms in total. The number of esters is 1. The maximum absolute atomic E-state index is 12.7. The van der Waals surface area contributed by atoms with Gasteiger partial charge in [-0.2, -0.15) is 17.0 Å². The molecule has 0 aromatic heterocycles. The highest BCUT2D eigenvalue weighted by Gasteiger charge is 2.54. The van der Waals surface area contributed by atoms with Crippen molar-refractivity contribution < 1.29 is 17.9 Å². The molecular formula is C16H24N2O4S. The Bertz CT molecular complexity index is 645. The lowest BCUT2D eigenvalue weighted by atomic mass is 9.89. The van der Waals surface area contributed by atoms with E-state index in [1.165, 1.54) is 18.4 Å². The largest absolute Gasteiger partial charge is 0.465 e. The van der Waals surface area contributed by atoms with Gasteiger partial charge >= 0.3 is 5.97 Å². The fourth-order valence-electron chi connectivity index (χ4n) is 3.04. The van der Waals surface area contributed by atoms with Crippen LogP contribution in [0.3, 0.4) is 0 Å². The number of ether oxygens (including phenoxy) is 1. The van der Waals surface area contributed by atoms with Crippen LogP contribution in [0.1, 0.15) is 25.3 Å². The minimum absolute atomic E-state index is 0.227. The van der Waals surface area contributed by atoms with Gasteiger partial charge in [-0.05, 0) is 25.3 Å². The molecule has 1 aromatic carbocycles. The summed E-state index contributed by atoms with van der Waals surface area (Å²) in [7, 11) is -0.745. The molecule has 1 fully saturated rings. The predicted molar refractivity (Wildman–Crippen MR) is 88.1 cm³/mol. The van der Waals surface area contributed by atoms with Crippen molar-refractivity contribution in [2.45, 2.75) is 31.7 Å². The minimum atomic E-state index is -3.70. The van der Waals surface area contributed by atoms with Crippen molar-refractivity contribution in [1.82, 2.24) is 8.61 Å². The second-order valence-corrected chi connectivity index (χ2v) is 7.95. The smallest absolute Gasteiger partial charge is 0.327 e. The fraction of sp³-hybridized carbons (Fsp3) is 0.562. The van der Waals surface area contributed by atoms with E-state index < -0.39 is 21.7 Å². The second-order valence-electron chi connectivity index (χ2n) is 5.88. The topological polar surface area (TPSA) is 66.9 Å². The Hall–Kier alpha value is -1.44. The van der Waals surface area contributed by atoms with Crippen LogP contribution in [0, 0.1) is 0 Å². The SMILES string of the molecule is CCOC(=O)C1(Cc2ccccc2)CCCN1S(=O)(=O)N(C)C. The Morgan fingerprint density at radius 2 is 1.96 bits per heavy atom. The van der Waals surface area contributed by atoms with Crippen LogP contribution in [-0.4, -0.2) is 55.8 Å². The summed E-state index contributed by atoms with van der Waals surface area (Å²) in [6, 6.07) is 9.46. The van der Waals surface area contributed by atoms with Crippen molar-refractivity contribution in [2.24, 2.45) is 0 Å². The summed E-state index contributed by atoms with van der Waals surface area (Å²) in [6.45, 7) is 2.28. The first-order chi connectivity index (χ1) is 10.8. The maximum atomic E-state index is 12.7. The van der Waals surface area contributed by atoms with Crippen LogP contribution in [0.2, 0.25) is 0 Å². The Morgan fingerprint density at radius 3 is 2.52 bits per heavy atom. The van der Waals surface area contributed by atoms with Crippen LogP contribution in [0.4, 0.5) is 0 Å². The lowest BCUT2D eigenvalue weighted by molar-refractivity contribution is -0.153. The van der Waals surface area contributed by atoms with Gasteiger partial charge in [0.2, 0.25) is 0 Å². The van der Waals surface area contributed by atoms with Gasteiger partial charge in [-0.3, -0.25) is 0 Å². The normalized spacial score (nSPS) is 22.4. The molecule has 1 saturated heterocycles. The highest BCUT2D eigenvalue weighted by atomic mass is 32.2. The summed E-state index contributed by atoms with van der Waals surface area (Å²) >= 11 is 0. The molecule has 2 rings (SSSR count). The van der Waals surface area contributed by atoms with Crippen LogP contribution in [0.15, 0.2) is 30.3 Å². The molecule has 1 atom stereocenters. The molecule has 0 radical (unpaired) electrons. The molecule has 1 aromatic rings. The van der Waals surface area contributed by atoms with E-state index in [0.29, 0.717) is 25.8 Å². The highest BCUT2D eigenvalue weighted by molar-refractivity contribution is 7.86. The Balaban J connectivity index is 2.46. The maximum Gasteiger partial charge on any atom is 0.327 e. The van der Waals surface area contributed by atoms with Gasteiger partial charge in [-0.15, -0.1) is 0 Å². The third-order valence-corrected chi connectivity index (χ3v) is 6.18. The first-order valence-corrected chi connectivity index (χ1v) is 9.16. The molecule has 128 valence electrons. The van der Waals surface area contributed by atoms with E-state index in [2.05, 4.69) is 0 Å². The standard InChI is InChI=1S/C16H24N2O4S/c1-4-22-15(19)16(13-14-9-6-5-7-10-14)11-8-12-18(16)23(20,21)17(2)3/h5-7,9-10H,4,8,11-13H2,1-3H3. The lowest BCUT2D eigenvalue weighted by Gasteiger charge is -2.36. The van der Waals surface area contributed by atoms with Gasteiger partial charge in [0.05, 0.1) is 6.61 Å². The first-order valence-electron chi connectivity index (χ1n) is 7.76. The van der Waals surface area contributed by atoms with E-state index >= 15 is 0 Å². The van der Waals surface area contributed by atoms with Crippen LogP contribution in [0.5, 0.6) is 0 Å². The van der Waals surface area contributed by atoms with Gasteiger partial charge in [-0.1, -0.05) is 30.3 Å². The van der Waals surface area contributed by atoms with Gasteiger partial charge in [-0.25, -0.2) is 4.79 Å². The summed E-state index contributed by atoms with van der Waals surface area (Å²) in [5.41, 5.74) is -0.248. The average Bonchev–Trinajstić information content (AvgIpc) is 2.94. The van der Waals surface area contributed by atoms with Crippen molar-refractivity contribution >= 4 is 16.2 Å². The van der Waals surface area contributed by atoms with Gasteiger partial charge < -0.3 is 4.74 Å². The average molecular weight is 340 g/mol. The molecule has 0 saturated carbocycles. The lowest BCUT2D eigenvalue weighted by Crippen LogP contribution is -2.57. The summed E-state index contributed by atoms with van der Waals surface area (Å²) in [5.74, 6) is -0.466. The van der Waals surface area contributed by atoms with Gasteiger partial charge in [0.15, 0.2) is 0 Å². The van der Waals surface area contributed by atoms with Crippen molar-refractivity contribution in [1.29, 1.82) is 0 Å². The number of rotatable bonds is 6. The number of carbonyl (C=O) groups is 1. The molecule has 0 aliphatic carbocycles. The number of benzene rings is 1. The van der Waals surface area contributed by atoms with Crippen LogP contribution in [-0.2, 0) is 26.2 Å². The Labute approximate surface area is 138 Å². The predicted octanol–water partition coefficient (Wildman–Crippen LogP) is 1.43. The van der Waals surface area contributed by atoms with Crippen molar-refractivity contribution in [2.75, 3.05) is 27.2 Å². The van der Waals surface area contributed by atoms with Gasteiger partial charge in [0.25, 0.3) is 10.2 Å². The van der Waals surface area contributed by atoms with Gasteiger partial charge in [0, 0.05) is 27.1 Å². The van der Waals surface area contributed by atoms with Crippen LogP contribution < -0.4 is 0 Å². The highest BCUT2D eigenvalue weighted by Crippen LogP contribution is 2.37. The third-order valence-electron chi connectivity index (χ3n) is 4.16. The molecule has 1 aliphatic rings. The summed E-state index contributed by atoms with van der Waals surface area (Å²) in [5, 5.41) is 0. The summed E-state index contributed by atoms with van der Waals surface area (Å²) < 4.78 is 33.1. The molecule has 0 spiro atoms. The summed E-state index contributed by atoms with van der Waals surface area (Å²) in [4.78, 5) is 12.7. The van der Waals surface area contributed by atoms with E-state index in [1.54, 1.807) is 6.92 Å². The molecule has 0 N–H and O–H groups in total. The fourth-order valence-corrected chi connectivity index (χ4v) is 4.46. The molecular weight excluding hydrogens is 316 g/mol.